The van der Waals surface area contributed by atoms with Crippen molar-refractivity contribution in [2.24, 2.45) is 5.73 Å². The molecular formula is C18H22N4O2. The molecule has 6 nitrogen and oxygen atoms in total. The molecule has 126 valence electrons. The summed E-state index contributed by atoms with van der Waals surface area (Å²) >= 11 is 0. The topological polar surface area (TPSA) is 82.7 Å². The number of nitrogens with one attached hydrogen (secondary N) is 1. The average Bonchev–Trinajstić information content (AvgIpc) is 2.61. The van der Waals surface area contributed by atoms with Crippen LogP contribution in [-0.2, 0) is 4.79 Å². The molecule has 2 aromatic carbocycles. The summed E-state index contributed by atoms with van der Waals surface area (Å²) in [7, 11) is 0. The summed E-state index contributed by atoms with van der Waals surface area (Å²) in [6, 6.07) is 14.0. The van der Waals surface area contributed by atoms with Crippen molar-refractivity contribution in [3.05, 3.63) is 42.5 Å². The molecule has 0 radical (unpaired) electrons. The molecular weight excluding hydrogens is 304 g/mol. The number of ether oxygens (including phenoxy) is 1. The molecule has 2 aromatic rings. The number of rotatable bonds is 4. The SMILES string of the molecule is N=C(N)N1CCN(C(=O)CCOc2ccc3ccccc3c2)CC1. The van der Waals surface area contributed by atoms with Gasteiger partial charge in [-0.15, -0.1) is 0 Å². The molecule has 1 aliphatic rings. The quantitative estimate of drug-likeness (QED) is 0.661. The molecule has 0 saturated carbocycles. The van der Waals surface area contributed by atoms with Gasteiger partial charge >= 0.3 is 0 Å². The zero-order valence-corrected chi connectivity index (χ0v) is 13.6. The second-order valence-electron chi connectivity index (χ2n) is 5.86. The lowest BCUT2D eigenvalue weighted by Crippen LogP contribution is -2.52. The maximum atomic E-state index is 12.2. The molecule has 0 spiro atoms. The number of hydrogen-bond donors (Lipinski definition) is 2. The number of nitrogens with two attached hydrogens (primary N) is 1. The fraction of sp³-hybridized carbons (Fsp3) is 0.333. The fourth-order valence-electron chi connectivity index (χ4n) is 2.87. The third kappa shape index (κ3) is 3.76. The van der Waals surface area contributed by atoms with Crippen LogP contribution < -0.4 is 10.5 Å². The summed E-state index contributed by atoms with van der Waals surface area (Å²) in [5.41, 5.74) is 5.46. The molecule has 1 saturated heterocycles. The van der Waals surface area contributed by atoms with Crippen molar-refractivity contribution in [1.29, 1.82) is 5.41 Å². The Morgan fingerprint density at radius 1 is 1.04 bits per heavy atom. The van der Waals surface area contributed by atoms with E-state index in [2.05, 4.69) is 6.07 Å². The van der Waals surface area contributed by atoms with Crippen molar-refractivity contribution < 1.29 is 9.53 Å². The van der Waals surface area contributed by atoms with Gasteiger partial charge in [-0.2, -0.15) is 0 Å². The van der Waals surface area contributed by atoms with Crippen molar-refractivity contribution in [2.75, 3.05) is 32.8 Å². The summed E-state index contributed by atoms with van der Waals surface area (Å²) in [4.78, 5) is 15.8. The number of carbonyl (C=O) groups excluding carboxylic acids is 1. The zero-order chi connectivity index (χ0) is 16.9. The molecule has 0 unspecified atom stereocenters. The lowest BCUT2D eigenvalue weighted by molar-refractivity contribution is -0.133. The maximum Gasteiger partial charge on any atom is 0.226 e. The van der Waals surface area contributed by atoms with Gasteiger partial charge in [0.15, 0.2) is 5.96 Å². The van der Waals surface area contributed by atoms with E-state index in [1.165, 1.54) is 5.39 Å². The highest BCUT2D eigenvalue weighted by Crippen LogP contribution is 2.20. The van der Waals surface area contributed by atoms with E-state index in [0.717, 1.165) is 11.1 Å². The Bertz CT molecular complexity index is 739. The predicted octanol–water partition coefficient (Wildman–Crippen LogP) is 1.65. The van der Waals surface area contributed by atoms with E-state index < -0.39 is 0 Å². The number of guanidine groups is 1. The van der Waals surface area contributed by atoms with Gasteiger partial charge in [0, 0.05) is 26.2 Å². The second-order valence-corrected chi connectivity index (χ2v) is 5.86. The van der Waals surface area contributed by atoms with Gasteiger partial charge < -0.3 is 20.3 Å². The van der Waals surface area contributed by atoms with Crippen LogP contribution in [0.3, 0.4) is 0 Å². The first kappa shape index (κ1) is 16.1. The van der Waals surface area contributed by atoms with Crippen LogP contribution >= 0.6 is 0 Å². The van der Waals surface area contributed by atoms with Gasteiger partial charge in [0.05, 0.1) is 13.0 Å². The maximum absolute atomic E-state index is 12.2. The van der Waals surface area contributed by atoms with E-state index in [4.69, 9.17) is 15.9 Å². The minimum atomic E-state index is 0.0711. The van der Waals surface area contributed by atoms with Gasteiger partial charge in [0.25, 0.3) is 0 Å². The Morgan fingerprint density at radius 2 is 1.71 bits per heavy atom. The zero-order valence-electron chi connectivity index (χ0n) is 13.6. The smallest absolute Gasteiger partial charge is 0.226 e. The van der Waals surface area contributed by atoms with E-state index in [1.54, 1.807) is 4.90 Å². The molecule has 0 aliphatic carbocycles. The Labute approximate surface area is 141 Å². The second kappa shape index (κ2) is 7.21. The lowest BCUT2D eigenvalue weighted by Gasteiger charge is -2.34. The van der Waals surface area contributed by atoms with Gasteiger partial charge in [0.2, 0.25) is 5.91 Å². The van der Waals surface area contributed by atoms with Gasteiger partial charge in [0.1, 0.15) is 5.75 Å². The van der Waals surface area contributed by atoms with Gasteiger partial charge in [-0.25, -0.2) is 0 Å². The number of amides is 1. The summed E-state index contributed by atoms with van der Waals surface area (Å²) in [6.45, 7) is 2.81. The first-order valence-corrected chi connectivity index (χ1v) is 8.12. The van der Waals surface area contributed by atoms with Crippen LogP contribution in [0.5, 0.6) is 5.75 Å². The largest absolute Gasteiger partial charge is 0.493 e. The molecule has 1 heterocycles. The summed E-state index contributed by atoms with van der Waals surface area (Å²) < 4.78 is 5.72. The van der Waals surface area contributed by atoms with E-state index in [1.807, 2.05) is 41.3 Å². The highest BCUT2D eigenvalue weighted by atomic mass is 16.5. The van der Waals surface area contributed by atoms with Crippen molar-refractivity contribution >= 4 is 22.6 Å². The van der Waals surface area contributed by atoms with Crippen LogP contribution in [0, 0.1) is 5.41 Å². The Hall–Kier alpha value is -2.76. The fourth-order valence-corrected chi connectivity index (χ4v) is 2.87. The average molecular weight is 326 g/mol. The first-order chi connectivity index (χ1) is 11.6. The normalized spacial score (nSPS) is 14.7. The molecule has 0 aromatic heterocycles. The first-order valence-electron chi connectivity index (χ1n) is 8.12. The van der Waals surface area contributed by atoms with E-state index >= 15 is 0 Å². The van der Waals surface area contributed by atoms with E-state index in [9.17, 15) is 4.79 Å². The molecule has 24 heavy (non-hydrogen) atoms. The molecule has 0 atom stereocenters. The molecule has 1 aliphatic heterocycles. The molecule has 3 rings (SSSR count). The van der Waals surface area contributed by atoms with Crippen molar-refractivity contribution in [1.82, 2.24) is 9.80 Å². The van der Waals surface area contributed by atoms with Crippen LogP contribution in [0.25, 0.3) is 10.8 Å². The van der Waals surface area contributed by atoms with Gasteiger partial charge in [-0.05, 0) is 22.9 Å². The molecule has 3 N–H and O–H groups in total. The number of nitrogens with zero attached hydrogens (tertiary/aromatic N) is 2. The van der Waals surface area contributed by atoms with E-state index in [-0.39, 0.29) is 11.9 Å². The van der Waals surface area contributed by atoms with Crippen LogP contribution in [0.2, 0.25) is 0 Å². The summed E-state index contributed by atoms with van der Waals surface area (Å²) in [5, 5.41) is 9.70. The van der Waals surface area contributed by atoms with Crippen molar-refractivity contribution in [2.45, 2.75) is 6.42 Å². The Morgan fingerprint density at radius 3 is 2.42 bits per heavy atom. The van der Waals surface area contributed by atoms with E-state index in [0.29, 0.717) is 39.2 Å². The van der Waals surface area contributed by atoms with Crippen molar-refractivity contribution in [3.63, 3.8) is 0 Å². The van der Waals surface area contributed by atoms with Crippen LogP contribution in [0.1, 0.15) is 6.42 Å². The minimum Gasteiger partial charge on any atom is -0.493 e. The summed E-state index contributed by atoms with van der Waals surface area (Å²) in [5.74, 6) is 0.934. The van der Waals surface area contributed by atoms with Crippen LogP contribution in [0.4, 0.5) is 0 Å². The highest BCUT2D eigenvalue weighted by Gasteiger charge is 2.21. The standard InChI is InChI=1S/C18H22N4O2/c19-18(20)22-10-8-21(9-11-22)17(23)7-12-24-16-6-5-14-3-1-2-4-15(14)13-16/h1-6,13H,7-12H2,(H3,19,20). The number of carbonyl (C=O) groups is 1. The van der Waals surface area contributed by atoms with Gasteiger partial charge in [-0.3, -0.25) is 10.2 Å². The molecule has 1 fully saturated rings. The molecule has 0 bridgehead atoms. The monoisotopic (exact) mass is 326 g/mol. The number of piperazine rings is 1. The number of hydrogen-bond acceptors (Lipinski definition) is 3. The Balaban J connectivity index is 1.47. The third-order valence-electron chi connectivity index (χ3n) is 4.28. The molecule has 1 amide bonds. The molecule has 6 heteroatoms. The number of fused-ring (bicyclic) bond motifs is 1. The van der Waals surface area contributed by atoms with Crippen LogP contribution in [0.15, 0.2) is 42.5 Å². The highest BCUT2D eigenvalue weighted by molar-refractivity contribution is 5.83. The van der Waals surface area contributed by atoms with Gasteiger partial charge in [-0.1, -0.05) is 30.3 Å². The van der Waals surface area contributed by atoms with Crippen molar-refractivity contribution in [3.8, 4) is 5.75 Å². The van der Waals surface area contributed by atoms with Crippen LogP contribution in [-0.4, -0.2) is 54.5 Å². The lowest BCUT2D eigenvalue weighted by atomic mass is 10.1. The number of benzene rings is 2. The summed E-state index contributed by atoms with van der Waals surface area (Å²) in [6.07, 6.45) is 0.354. The third-order valence-corrected chi connectivity index (χ3v) is 4.28. The minimum absolute atomic E-state index is 0.0711. The predicted molar refractivity (Wildman–Crippen MR) is 94.1 cm³/mol. The Kier molecular flexibility index (Phi) is 4.84.